The predicted molar refractivity (Wildman–Crippen MR) is 72.5 cm³/mol. The van der Waals surface area contributed by atoms with E-state index in [0.717, 1.165) is 6.07 Å². The van der Waals surface area contributed by atoms with Crippen LogP contribution in [0, 0.1) is 0 Å². The molecular weight excluding hydrogens is 262 g/mol. The highest BCUT2D eigenvalue weighted by Gasteiger charge is 2.24. The lowest BCUT2D eigenvalue weighted by Crippen LogP contribution is -2.42. The highest BCUT2D eigenvalue weighted by Crippen LogP contribution is 2.22. The molecule has 0 radical (unpaired) electrons. The third kappa shape index (κ3) is 4.46. The fraction of sp³-hybridized carbons (Fsp3) is 0.429. The molecule has 1 atom stereocenters. The van der Waals surface area contributed by atoms with E-state index in [4.69, 9.17) is 4.74 Å². The summed E-state index contributed by atoms with van der Waals surface area (Å²) >= 11 is 0. The van der Waals surface area contributed by atoms with E-state index < -0.39 is 23.5 Å². The normalized spacial score (nSPS) is 12.6. The Labute approximate surface area is 117 Å². The van der Waals surface area contributed by atoms with E-state index in [1.54, 1.807) is 20.8 Å². The molecular formula is C14H19NO5. The molecule has 110 valence electrons. The summed E-state index contributed by atoms with van der Waals surface area (Å²) in [6.45, 7) is 6.65. The van der Waals surface area contributed by atoms with Crippen molar-refractivity contribution in [2.75, 3.05) is 0 Å². The molecule has 0 saturated heterocycles. The van der Waals surface area contributed by atoms with Gasteiger partial charge in [0, 0.05) is 0 Å². The zero-order valence-corrected chi connectivity index (χ0v) is 11.9. The molecule has 3 N–H and O–H groups in total. The van der Waals surface area contributed by atoms with Gasteiger partial charge in [0.1, 0.15) is 23.1 Å². The van der Waals surface area contributed by atoms with Crippen LogP contribution in [-0.2, 0) is 9.53 Å². The minimum Gasteiger partial charge on any atom is -0.508 e. The van der Waals surface area contributed by atoms with Crippen molar-refractivity contribution in [1.82, 2.24) is 5.32 Å². The van der Waals surface area contributed by atoms with Crippen molar-refractivity contribution in [2.24, 2.45) is 0 Å². The number of hydrogen-bond acceptors (Lipinski definition) is 5. The van der Waals surface area contributed by atoms with E-state index in [-0.39, 0.29) is 17.1 Å². The lowest BCUT2D eigenvalue weighted by Gasteiger charge is -2.22. The Hall–Kier alpha value is -2.24. The zero-order chi connectivity index (χ0) is 15.5. The SMILES string of the molecule is C[C@H](NC(=O)c1cc(O)ccc1O)C(=O)OC(C)(C)C. The van der Waals surface area contributed by atoms with Gasteiger partial charge in [-0.3, -0.25) is 4.79 Å². The molecule has 1 aromatic rings. The first kappa shape index (κ1) is 15.8. The Kier molecular flexibility index (Phi) is 4.60. The molecule has 1 amide bonds. The molecule has 0 unspecified atom stereocenters. The molecule has 0 aliphatic carbocycles. The summed E-state index contributed by atoms with van der Waals surface area (Å²) in [7, 11) is 0. The van der Waals surface area contributed by atoms with E-state index >= 15 is 0 Å². The Morgan fingerprint density at radius 2 is 1.85 bits per heavy atom. The standard InChI is InChI=1S/C14H19NO5/c1-8(13(19)20-14(2,3)4)15-12(18)10-7-9(16)5-6-11(10)17/h5-8,16-17H,1-4H3,(H,15,18)/t8-/m0/s1. The van der Waals surface area contributed by atoms with Gasteiger partial charge in [-0.05, 0) is 45.9 Å². The molecule has 0 heterocycles. The first-order valence-corrected chi connectivity index (χ1v) is 6.16. The van der Waals surface area contributed by atoms with Crippen LogP contribution in [-0.4, -0.2) is 33.7 Å². The van der Waals surface area contributed by atoms with Crippen molar-refractivity contribution in [3.63, 3.8) is 0 Å². The van der Waals surface area contributed by atoms with Gasteiger partial charge in [0.25, 0.3) is 5.91 Å². The molecule has 0 aliphatic heterocycles. The summed E-state index contributed by atoms with van der Waals surface area (Å²) in [5, 5.41) is 21.3. The number of aromatic hydroxyl groups is 2. The Morgan fingerprint density at radius 3 is 2.40 bits per heavy atom. The Morgan fingerprint density at radius 1 is 1.25 bits per heavy atom. The van der Waals surface area contributed by atoms with Gasteiger partial charge in [0.15, 0.2) is 0 Å². The predicted octanol–water partition coefficient (Wildman–Crippen LogP) is 1.56. The van der Waals surface area contributed by atoms with E-state index in [9.17, 15) is 19.8 Å². The number of amides is 1. The van der Waals surface area contributed by atoms with Crippen molar-refractivity contribution in [3.8, 4) is 11.5 Å². The number of phenolic OH excluding ortho intramolecular Hbond substituents is 2. The average Bonchev–Trinajstić information content (AvgIpc) is 2.29. The third-order valence-corrected chi connectivity index (χ3v) is 2.33. The maximum Gasteiger partial charge on any atom is 0.328 e. The number of carbonyl (C=O) groups excluding carboxylic acids is 2. The van der Waals surface area contributed by atoms with Crippen LogP contribution in [0.2, 0.25) is 0 Å². The van der Waals surface area contributed by atoms with Crippen molar-refractivity contribution in [1.29, 1.82) is 0 Å². The minimum absolute atomic E-state index is 0.111. The number of carbonyl (C=O) groups is 2. The van der Waals surface area contributed by atoms with Crippen molar-refractivity contribution in [2.45, 2.75) is 39.3 Å². The van der Waals surface area contributed by atoms with Crippen LogP contribution < -0.4 is 5.32 Å². The quantitative estimate of drug-likeness (QED) is 0.577. The van der Waals surface area contributed by atoms with Gasteiger partial charge in [-0.15, -0.1) is 0 Å². The maximum atomic E-state index is 11.9. The number of hydrogen-bond donors (Lipinski definition) is 3. The van der Waals surface area contributed by atoms with Gasteiger partial charge in [-0.25, -0.2) is 4.79 Å². The first-order valence-electron chi connectivity index (χ1n) is 6.16. The number of benzene rings is 1. The lowest BCUT2D eigenvalue weighted by molar-refractivity contribution is -0.156. The third-order valence-electron chi connectivity index (χ3n) is 2.33. The van der Waals surface area contributed by atoms with Gasteiger partial charge in [0.05, 0.1) is 5.56 Å². The number of esters is 1. The van der Waals surface area contributed by atoms with Gasteiger partial charge in [0.2, 0.25) is 0 Å². The lowest BCUT2D eigenvalue weighted by atomic mass is 10.1. The second-order valence-electron chi connectivity index (χ2n) is 5.43. The fourth-order valence-corrected chi connectivity index (χ4v) is 1.43. The molecule has 0 aromatic heterocycles. The molecule has 0 saturated carbocycles. The van der Waals surface area contributed by atoms with Gasteiger partial charge in [-0.2, -0.15) is 0 Å². The molecule has 6 heteroatoms. The van der Waals surface area contributed by atoms with Crippen LogP contribution in [0.4, 0.5) is 0 Å². The summed E-state index contributed by atoms with van der Waals surface area (Å²) in [4.78, 5) is 23.6. The van der Waals surface area contributed by atoms with E-state index in [1.165, 1.54) is 19.1 Å². The highest BCUT2D eigenvalue weighted by molar-refractivity contribution is 5.99. The number of nitrogens with one attached hydrogen (secondary N) is 1. The zero-order valence-electron chi connectivity index (χ0n) is 11.9. The topological polar surface area (TPSA) is 95.9 Å². The molecule has 0 fully saturated rings. The molecule has 1 rings (SSSR count). The number of ether oxygens (including phenoxy) is 1. The monoisotopic (exact) mass is 281 g/mol. The molecule has 0 aliphatic rings. The largest absolute Gasteiger partial charge is 0.508 e. The van der Waals surface area contributed by atoms with Crippen LogP contribution in [0.25, 0.3) is 0 Å². The van der Waals surface area contributed by atoms with Gasteiger partial charge >= 0.3 is 5.97 Å². The van der Waals surface area contributed by atoms with E-state index in [2.05, 4.69) is 5.32 Å². The Bertz CT molecular complexity index is 519. The molecule has 20 heavy (non-hydrogen) atoms. The minimum atomic E-state index is -0.872. The summed E-state index contributed by atoms with van der Waals surface area (Å²) in [6, 6.07) is 2.70. The fourth-order valence-electron chi connectivity index (χ4n) is 1.43. The summed E-state index contributed by atoms with van der Waals surface area (Å²) in [6.07, 6.45) is 0. The van der Waals surface area contributed by atoms with Crippen LogP contribution in [0.5, 0.6) is 11.5 Å². The second-order valence-corrected chi connectivity index (χ2v) is 5.43. The molecule has 1 aromatic carbocycles. The summed E-state index contributed by atoms with van der Waals surface area (Å²) in [5.74, 6) is -1.68. The van der Waals surface area contributed by atoms with E-state index in [1.807, 2.05) is 0 Å². The van der Waals surface area contributed by atoms with Crippen LogP contribution in [0.15, 0.2) is 18.2 Å². The average molecular weight is 281 g/mol. The molecule has 0 bridgehead atoms. The maximum absolute atomic E-state index is 11.9. The first-order chi connectivity index (χ1) is 9.10. The highest BCUT2D eigenvalue weighted by atomic mass is 16.6. The van der Waals surface area contributed by atoms with Crippen molar-refractivity contribution >= 4 is 11.9 Å². The number of phenols is 2. The second kappa shape index (κ2) is 5.81. The van der Waals surface area contributed by atoms with Crippen LogP contribution >= 0.6 is 0 Å². The molecule has 0 spiro atoms. The van der Waals surface area contributed by atoms with Crippen molar-refractivity contribution < 1.29 is 24.5 Å². The van der Waals surface area contributed by atoms with E-state index in [0.29, 0.717) is 0 Å². The smallest absolute Gasteiger partial charge is 0.328 e. The molecule has 6 nitrogen and oxygen atoms in total. The van der Waals surface area contributed by atoms with Crippen molar-refractivity contribution in [3.05, 3.63) is 23.8 Å². The number of rotatable bonds is 3. The van der Waals surface area contributed by atoms with Crippen LogP contribution in [0.1, 0.15) is 38.1 Å². The Balaban J connectivity index is 2.75. The summed E-state index contributed by atoms with van der Waals surface area (Å²) in [5.41, 5.74) is -0.760. The van der Waals surface area contributed by atoms with Crippen LogP contribution in [0.3, 0.4) is 0 Å². The van der Waals surface area contributed by atoms with Gasteiger partial charge in [-0.1, -0.05) is 0 Å². The van der Waals surface area contributed by atoms with Gasteiger partial charge < -0.3 is 20.3 Å². The summed E-state index contributed by atoms with van der Waals surface area (Å²) < 4.78 is 5.12.